The maximum Gasteiger partial charge on any atom is 0.0992 e. The van der Waals surface area contributed by atoms with E-state index >= 15 is 0 Å². The van der Waals surface area contributed by atoms with Crippen molar-refractivity contribution in [1.82, 2.24) is 9.97 Å². The Bertz CT molecular complexity index is 2020. The zero-order valence-electron chi connectivity index (χ0n) is 18.4. The molecule has 0 unspecified atom stereocenters. The van der Waals surface area contributed by atoms with Crippen LogP contribution in [0.2, 0.25) is 0 Å². The number of rotatable bonds is 0. The largest absolute Gasteiger partial charge is 0.278 e. The molecule has 2 aliphatic rings. The Hall–Kier alpha value is -5.20. The number of nitrogens with zero attached hydrogens (tertiary/aromatic N) is 6. The van der Waals surface area contributed by atoms with Crippen LogP contribution in [0.4, 0.5) is 0 Å². The molecular formula is C29H14N6. The highest BCUT2D eigenvalue weighted by molar-refractivity contribution is 6.17. The lowest BCUT2D eigenvalue weighted by Gasteiger charge is -2.12. The summed E-state index contributed by atoms with van der Waals surface area (Å²) in [5.41, 5.74) is 8.86. The number of hydrogen-bond donors (Lipinski definition) is 0. The summed E-state index contributed by atoms with van der Waals surface area (Å²) >= 11 is 0. The summed E-state index contributed by atoms with van der Waals surface area (Å²) in [7, 11) is 0. The SMILES string of the molecule is C=C1N=c2ccc(C#N)cc2=NCc2ccc3c4c(ccc1c24)-c1nc2cc(C#N)ccc2nc1-3. The van der Waals surface area contributed by atoms with E-state index in [1.165, 1.54) is 0 Å². The molecule has 1 aliphatic heterocycles. The molecule has 0 N–H and O–H groups in total. The Morgan fingerprint density at radius 1 is 0.686 bits per heavy atom. The van der Waals surface area contributed by atoms with Gasteiger partial charge in [0.25, 0.3) is 0 Å². The highest BCUT2D eigenvalue weighted by atomic mass is 14.8. The molecule has 1 aliphatic carbocycles. The van der Waals surface area contributed by atoms with E-state index in [1.54, 1.807) is 24.3 Å². The number of fused-ring (bicyclic) bond motifs is 5. The minimum absolute atomic E-state index is 0.447. The predicted molar refractivity (Wildman–Crippen MR) is 132 cm³/mol. The van der Waals surface area contributed by atoms with Crippen LogP contribution in [-0.2, 0) is 6.54 Å². The molecule has 0 saturated heterocycles. The fourth-order valence-electron chi connectivity index (χ4n) is 5.02. The minimum atomic E-state index is 0.447. The lowest BCUT2D eigenvalue weighted by atomic mass is 9.93. The highest BCUT2D eigenvalue weighted by Gasteiger charge is 2.27. The Kier molecular flexibility index (Phi) is 3.80. The van der Waals surface area contributed by atoms with Crippen LogP contribution in [0.15, 0.2) is 77.2 Å². The first kappa shape index (κ1) is 19.3. The van der Waals surface area contributed by atoms with Gasteiger partial charge in [0.2, 0.25) is 0 Å². The van der Waals surface area contributed by atoms with Crippen LogP contribution in [0.3, 0.4) is 0 Å². The molecule has 1 aromatic heterocycles. The van der Waals surface area contributed by atoms with Crippen molar-refractivity contribution >= 4 is 27.5 Å². The van der Waals surface area contributed by atoms with Gasteiger partial charge in [-0.15, -0.1) is 0 Å². The fraction of sp³-hybridized carbons (Fsp3) is 0.0345. The average Bonchev–Trinajstić information content (AvgIpc) is 3.22. The van der Waals surface area contributed by atoms with Gasteiger partial charge in [0.05, 0.1) is 68.6 Å². The standard InChI is InChI=1S/C29H14N6/c1-15-19-6-7-21-27-20(28-29(21)35-25-11-17(13-31)3-9-23(25)34-28)5-4-18(26(19)27)14-32-24-10-16(12-30)2-8-22(24)33-15/h2-11H,1,14H2. The van der Waals surface area contributed by atoms with Gasteiger partial charge in [-0.05, 0) is 47.3 Å². The Balaban J connectivity index is 1.54. The van der Waals surface area contributed by atoms with E-state index in [4.69, 9.17) is 20.0 Å². The van der Waals surface area contributed by atoms with Crippen LogP contribution in [0.1, 0.15) is 22.3 Å². The molecule has 6 nitrogen and oxygen atoms in total. The fourth-order valence-corrected chi connectivity index (χ4v) is 5.02. The first-order valence-corrected chi connectivity index (χ1v) is 11.1. The third-order valence-corrected chi connectivity index (χ3v) is 6.64. The molecule has 2 heterocycles. The number of nitriles is 2. The molecule has 7 rings (SSSR count). The first-order valence-electron chi connectivity index (χ1n) is 11.1. The van der Waals surface area contributed by atoms with Gasteiger partial charge in [-0.25, -0.2) is 15.0 Å². The summed E-state index contributed by atoms with van der Waals surface area (Å²) in [4.78, 5) is 19.5. The lowest BCUT2D eigenvalue weighted by molar-refractivity contribution is 1.01. The van der Waals surface area contributed by atoms with Gasteiger partial charge in [-0.1, -0.05) is 30.8 Å². The first-order chi connectivity index (χ1) is 17.1. The van der Waals surface area contributed by atoms with Gasteiger partial charge in [0, 0.05) is 22.1 Å². The van der Waals surface area contributed by atoms with Gasteiger partial charge in [-0.2, -0.15) is 10.5 Å². The van der Waals surface area contributed by atoms with Crippen molar-refractivity contribution in [2.45, 2.75) is 6.54 Å². The Morgan fingerprint density at radius 3 is 2.17 bits per heavy atom. The number of aromatic nitrogens is 2. The maximum atomic E-state index is 9.32. The number of benzene rings is 4. The molecule has 0 amide bonds. The van der Waals surface area contributed by atoms with Crippen molar-refractivity contribution < 1.29 is 0 Å². The second kappa shape index (κ2) is 6.90. The van der Waals surface area contributed by atoms with Gasteiger partial charge < -0.3 is 0 Å². The highest BCUT2D eigenvalue weighted by Crippen LogP contribution is 2.48. The van der Waals surface area contributed by atoms with Crippen LogP contribution in [0.5, 0.6) is 0 Å². The third kappa shape index (κ3) is 2.68. The van der Waals surface area contributed by atoms with E-state index in [2.05, 4.69) is 36.9 Å². The van der Waals surface area contributed by atoms with Crippen LogP contribution in [0.25, 0.3) is 50.0 Å². The van der Waals surface area contributed by atoms with E-state index in [0.717, 1.165) is 49.9 Å². The molecular weight excluding hydrogens is 432 g/mol. The van der Waals surface area contributed by atoms with Gasteiger partial charge in [0.1, 0.15) is 0 Å². The van der Waals surface area contributed by atoms with Crippen molar-refractivity contribution in [2.75, 3.05) is 0 Å². The molecule has 4 aromatic carbocycles. The normalized spacial score (nSPS) is 12.9. The van der Waals surface area contributed by atoms with E-state index < -0.39 is 0 Å². The molecule has 0 saturated carbocycles. The van der Waals surface area contributed by atoms with E-state index in [-0.39, 0.29) is 0 Å². The van der Waals surface area contributed by atoms with Crippen LogP contribution < -0.4 is 10.7 Å². The smallest absolute Gasteiger partial charge is 0.0992 e. The summed E-state index contributed by atoms with van der Waals surface area (Å²) in [5, 5.41) is 22.1. The van der Waals surface area contributed by atoms with Crippen molar-refractivity contribution in [3.05, 3.63) is 100 Å². The lowest BCUT2D eigenvalue weighted by Crippen LogP contribution is -2.25. The van der Waals surface area contributed by atoms with Gasteiger partial charge >= 0.3 is 0 Å². The van der Waals surface area contributed by atoms with Gasteiger partial charge in [-0.3, -0.25) is 4.99 Å². The van der Waals surface area contributed by atoms with Crippen molar-refractivity contribution in [2.24, 2.45) is 9.98 Å². The molecule has 6 heteroatoms. The molecule has 0 fully saturated rings. The second-order valence-electron chi connectivity index (χ2n) is 8.61. The molecule has 0 spiro atoms. The summed E-state index contributed by atoms with van der Waals surface area (Å²) in [6.45, 7) is 4.73. The average molecular weight is 446 g/mol. The van der Waals surface area contributed by atoms with Crippen LogP contribution in [0, 0.1) is 22.7 Å². The molecule has 5 aromatic rings. The van der Waals surface area contributed by atoms with Crippen molar-refractivity contribution in [1.29, 1.82) is 10.5 Å². The van der Waals surface area contributed by atoms with Gasteiger partial charge in [0.15, 0.2) is 0 Å². The van der Waals surface area contributed by atoms with Crippen molar-refractivity contribution in [3.63, 3.8) is 0 Å². The Labute approximate surface area is 199 Å². The van der Waals surface area contributed by atoms with Crippen LogP contribution in [-0.4, -0.2) is 9.97 Å². The van der Waals surface area contributed by atoms with Crippen LogP contribution >= 0.6 is 0 Å². The monoisotopic (exact) mass is 446 g/mol. The maximum absolute atomic E-state index is 9.32. The van der Waals surface area contributed by atoms with E-state index in [0.29, 0.717) is 39.6 Å². The molecule has 160 valence electrons. The summed E-state index contributed by atoms with van der Waals surface area (Å²) in [5.74, 6) is 0. The Morgan fingerprint density at radius 2 is 1.37 bits per heavy atom. The van der Waals surface area contributed by atoms with E-state index in [1.807, 2.05) is 18.2 Å². The zero-order valence-corrected chi connectivity index (χ0v) is 18.4. The molecule has 0 atom stereocenters. The zero-order chi connectivity index (χ0) is 23.7. The van der Waals surface area contributed by atoms with Crippen molar-refractivity contribution in [3.8, 4) is 34.7 Å². The number of hydrogen-bond acceptors (Lipinski definition) is 6. The minimum Gasteiger partial charge on any atom is -0.278 e. The summed E-state index contributed by atoms with van der Waals surface area (Å²) < 4.78 is 0. The second-order valence-corrected chi connectivity index (χ2v) is 8.61. The molecule has 0 radical (unpaired) electrons. The molecule has 35 heavy (non-hydrogen) atoms. The third-order valence-electron chi connectivity index (χ3n) is 6.64. The summed E-state index contributed by atoms with van der Waals surface area (Å²) in [6, 6.07) is 23.3. The summed E-state index contributed by atoms with van der Waals surface area (Å²) in [6.07, 6.45) is 0. The quantitative estimate of drug-likeness (QED) is 0.341. The van der Waals surface area contributed by atoms with E-state index in [9.17, 15) is 10.5 Å². The molecule has 0 bridgehead atoms. The predicted octanol–water partition coefficient (Wildman–Crippen LogP) is 4.60. The topological polar surface area (TPSA) is 98.1 Å².